The Morgan fingerprint density at radius 1 is 1.53 bits per heavy atom. The Kier molecular flexibility index (Phi) is 3.32. The molecule has 4 nitrogen and oxygen atoms in total. The summed E-state index contributed by atoms with van der Waals surface area (Å²) in [5.41, 5.74) is 0. The van der Waals surface area contributed by atoms with E-state index in [0.29, 0.717) is 6.07 Å². The number of hydrogen-bond donors (Lipinski definition) is 1. The maximum Gasteiger partial charge on any atom is 0.265 e. The van der Waals surface area contributed by atoms with Crippen molar-refractivity contribution in [2.75, 3.05) is 7.11 Å². The first-order valence-electron chi connectivity index (χ1n) is 3.48. The van der Waals surface area contributed by atoms with Crippen LogP contribution in [0.2, 0.25) is 5.02 Å². The SMILES string of the molecule is COc1c(F)cc(S(=O)(=O)Cl)c(O)c1Cl. The van der Waals surface area contributed by atoms with Crippen LogP contribution in [0.1, 0.15) is 0 Å². The van der Waals surface area contributed by atoms with Gasteiger partial charge in [0.1, 0.15) is 9.92 Å². The molecule has 0 saturated heterocycles. The molecular weight excluding hydrogens is 270 g/mol. The van der Waals surface area contributed by atoms with Gasteiger partial charge in [-0.1, -0.05) is 11.6 Å². The summed E-state index contributed by atoms with van der Waals surface area (Å²) in [6.45, 7) is 0. The molecule has 0 fully saturated rings. The summed E-state index contributed by atoms with van der Waals surface area (Å²) in [5.74, 6) is -2.32. The molecule has 0 aliphatic carbocycles. The van der Waals surface area contributed by atoms with Crippen LogP contribution >= 0.6 is 22.3 Å². The standard InChI is InChI=1S/C7H5Cl2FO4S/c1-14-7-3(10)2-4(15(9,12)13)6(11)5(7)8/h2,11H,1H3. The number of rotatable bonds is 2. The molecule has 0 atom stereocenters. The highest BCUT2D eigenvalue weighted by molar-refractivity contribution is 8.13. The van der Waals surface area contributed by atoms with E-state index in [2.05, 4.69) is 4.74 Å². The molecule has 8 heteroatoms. The zero-order valence-corrected chi connectivity index (χ0v) is 9.62. The molecule has 1 N–H and O–H groups in total. The maximum absolute atomic E-state index is 13.2. The van der Waals surface area contributed by atoms with Gasteiger partial charge in [-0.25, -0.2) is 12.8 Å². The van der Waals surface area contributed by atoms with E-state index >= 15 is 0 Å². The van der Waals surface area contributed by atoms with E-state index in [1.54, 1.807) is 0 Å². The lowest BCUT2D eigenvalue weighted by molar-refractivity contribution is 0.377. The zero-order chi connectivity index (χ0) is 11.8. The first kappa shape index (κ1) is 12.4. The quantitative estimate of drug-likeness (QED) is 0.840. The van der Waals surface area contributed by atoms with Gasteiger partial charge in [0.05, 0.1) is 7.11 Å². The number of benzene rings is 1. The van der Waals surface area contributed by atoms with Gasteiger partial charge in [-0.3, -0.25) is 0 Å². The molecule has 0 spiro atoms. The van der Waals surface area contributed by atoms with Crippen LogP contribution in [0.3, 0.4) is 0 Å². The smallest absolute Gasteiger partial charge is 0.265 e. The first-order valence-corrected chi connectivity index (χ1v) is 6.17. The van der Waals surface area contributed by atoms with Gasteiger partial charge in [0, 0.05) is 16.7 Å². The van der Waals surface area contributed by atoms with Crippen LogP contribution in [-0.2, 0) is 9.05 Å². The number of halogens is 3. The highest BCUT2D eigenvalue weighted by atomic mass is 35.7. The number of methoxy groups -OCH3 is 1. The van der Waals surface area contributed by atoms with Crippen LogP contribution in [0.4, 0.5) is 4.39 Å². The third-order valence-corrected chi connectivity index (χ3v) is 3.27. The molecule has 1 aromatic carbocycles. The van der Waals surface area contributed by atoms with Gasteiger partial charge in [-0.05, 0) is 0 Å². The number of ether oxygens (including phenoxy) is 1. The van der Waals surface area contributed by atoms with E-state index < -0.39 is 36.3 Å². The topological polar surface area (TPSA) is 63.6 Å². The predicted molar refractivity (Wildman–Crippen MR) is 52.7 cm³/mol. The third-order valence-electron chi connectivity index (χ3n) is 1.58. The highest BCUT2D eigenvalue weighted by Crippen LogP contribution is 2.41. The molecule has 15 heavy (non-hydrogen) atoms. The van der Waals surface area contributed by atoms with E-state index in [9.17, 15) is 17.9 Å². The largest absolute Gasteiger partial charge is 0.505 e. The molecule has 1 rings (SSSR count). The van der Waals surface area contributed by atoms with Crippen LogP contribution in [0.15, 0.2) is 11.0 Å². The molecule has 0 aromatic heterocycles. The monoisotopic (exact) mass is 274 g/mol. The Balaban J connectivity index is 3.62. The number of phenolic OH excluding ortho intramolecular Hbond substituents is 1. The highest BCUT2D eigenvalue weighted by Gasteiger charge is 2.24. The predicted octanol–water partition coefficient (Wildman–Crippen LogP) is 2.12. The van der Waals surface area contributed by atoms with Crippen molar-refractivity contribution < 1.29 is 22.7 Å². The molecule has 0 unspecified atom stereocenters. The minimum atomic E-state index is -4.26. The van der Waals surface area contributed by atoms with Gasteiger partial charge in [0.2, 0.25) is 0 Å². The van der Waals surface area contributed by atoms with Gasteiger partial charge in [0.25, 0.3) is 9.05 Å². The summed E-state index contributed by atoms with van der Waals surface area (Å²) in [5, 5.41) is 8.78. The molecule has 1 aromatic rings. The van der Waals surface area contributed by atoms with E-state index in [1.807, 2.05) is 0 Å². The summed E-state index contributed by atoms with van der Waals surface area (Å²) in [6, 6.07) is 0.530. The van der Waals surface area contributed by atoms with E-state index in [0.717, 1.165) is 7.11 Å². The molecule has 0 aliphatic heterocycles. The lowest BCUT2D eigenvalue weighted by Crippen LogP contribution is -1.97. The molecular formula is C7H5Cl2FO4S. The van der Waals surface area contributed by atoms with Crippen molar-refractivity contribution in [2.45, 2.75) is 4.90 Å². The average Bonchev–Trinajstić information content (AvgIpc) is 2.10. The molecule has 0 radical (unpaired) electrons. The lowest BCUT2D eigenvalue weighted by Gasteiger charge is -2.08. The minimum Gasteiger partial charge on any atom is -0.505 e. The fourth-order valence-corrected chi connectivity index (χ4v) is 2.20. The first-order chi connectivity index (χ1) is 6.79. The summed E-state index contributed by atoms with van der Waals surface area (Å²) in [4.78, 5) is -0.799. The number of aromatic hydroxyl groups is 1. The lowest BCUT2D eigenvalue weighted by atomic mass is 10.3. The second kappa shape index (κ2) is 4.03. The molecule has 0 bridgehead atoms. The number of phenols is 1. The van der Waals surface area contributed by atoms with Crippen LogP contribution in [0, 0.1) is 5.82 Å². The third kappa shape index (κ3) is 2.27. The molecule has 0 saturated carbocycles. The van der Waals surface area contributed by atoms with E-state index in [4.69, 9.17) is 22.3 Å². The fraction of sp³-hybridized carbons (Fsp3) is 0.143. The van der Waals surface area contributed by atoms with Crippen LogP contribution in [0.25, 0.3) is 0 Å². The molecule has 0 aliphatic rings. The summed E-state index contributed by atoms with van der Waals surface area (Å²) < 4.78 is 39.5. The van der Waals surface area contributed by atoms with Crippen molar-refractivity contribution in [3.8, 4) is 11.5 Å². The zero-order valence-electron chi connectivity index (χ0n) is 7.29. The minimum absolute atomic E-state index is 0.446. The van der Waals surface area contributed by atoms with Gasteiger partial charge >= 0.3 is 0 Å². The molecule has 0 amide bonds. The van der Waals surface area contributed by atoms with Crippen LogP contribution < -0.4 is 4.74 Å². The average molecular weight is 275 g/mol. The van der Waals surface area contributed by atoms with Gasteiger partial charge in [0.15, 0.2) is 17.3 Å². The Morgan fingerprint density at radius 3 is 2.47 bits per heavy atom. The Morgan fingerprint density at radius 2 is 2.07 bits per heavy atom. The van der Waals surface area contributed by atoms with E-state index in [-0.39, 0.29) is 0 Å². The Labute approximate surface area is 94.6 Å². The van der Waals surface area contributed by atoms with Crippen molar-refractivity contribution in [2.24, 2.45) is 0 Å². The summed E-state index contributed by atoms with van der Waals surface area (Å²) in [7, 11) is 1.81. The van der Waals surface area contributed by atoms with Crippen molar-refractivity contribution in [1.29, 1.82) is 0 Å². The summed E-state index contributed by atoms with van der Waals surface area (Å²) >= 11 is 5.47. The van der Waals surface area contributed by atoms with Gasteiger partial charge in [-0.15, -0.1) is 0 Å². The normalized spacial score (nSPS) is 11.5. The van der Waals surface area contributed by atoms with Crippen LogP contribution in [-0.4, -0.2) is 20.6 Å². The van der Waals surface area contributed by atoms with Crippen molar-refractivity contribution in [3.05, 3.63) is 16.9 Å². The van der Waals surface area contributed by atoms with Gasteiger partial charge < -0.3 is 9.84 Å². The van der Waals surface area contributed by atoms with E-state index in [1.165, 1.54) is 0 Å². The molecule has 84 valence electrons. The van der Waals surface area contributed by atoms with Gasteiger partial charge in [-0.2, -0.15) is 0 Å². The van der Waals surface area contributed by atoms with Crippen molar-refractivity contribution in [3.63, 3.8) is 0 Å². The maximum atomic E-state index is 13.2. The number of hydrogen-bond acceptors (Lipinski definition) is 4. The van der Waals surface area contributed by atoms with Crippen LogP contribution in [0.5, 0.6) is 11.5 Å². The fourth-order valence-electron chi connectivity index (χ4n) is 0.943. The second-order valence-electron chi connectivity index (χ2n) is 2.49. The van der Waals surface area contributed by atoms with Crippen molar-refractivity contribution in [1.82, 2.24) is 0 Å². The Hall–Kier alpha value is -0.720. The molecule has 0 heterocycles. The van der Waals surface area contributed by atoms with Crippen molar-refractivity contribution >= 4 is 31.3 Å². The second-order valence-corrected chi connectivity index (χ2v) is 5.40. The Bertz CT molecular complexity index is 500. The summed E-state index contributed by atoms with van der Waals surface area (Å²) in [6.07, 6.45) is 0.